The average molecular weight is 162 g/mol. The Morgan fingerprint density at radius 1 is 1.33 bits per heavy atom. The molecule has 1 heteroatoms. The van der Waals surface area contributed by atoms with Crippen molar-refractivity contribution in [2.45, 2.75) is 25.9 Å². The lowest BCUT2D eigenvalue weighted by atomic mass is 9.83. The fourth-order valence-electron chi connectivity index (χ4n) is 1.90. The van der Waals surface area contributed by atoms with E-state index in [0.717, 1.165) is 18.4 Å². The monoisotopic (exact) mass is 162 g/mol. The number of hydrogen-bond donors (Lipinski definition) is 1. The van der Waals surface area contributed by atoms with Crippen molar-refractivity contribution in [3.8, 4) is 0 Å². The fourth-order valence-corrected chi connectivity index (χ4v) is 1.90. The molecule has 1 aliphatic carbocycles. The minimum absolute atomic E-state index is 0.241. The first kappa shape index (κ1) is 7.81. The lowest BCUT2D eigenvalue weighted by Gasteiger charge is -2.27. The van der Waals surface area contributed by atoms with E-state index >= 15 is 0 Å². The van der Waals surface area contributed by atoms with Gasteiger partial charge in [-0.05, 0) is 29.9 Å². The Morgan fingerprint density at radius 2 is 2.08 bits per heavy atom. The van der Waals surface area contributed by atoms with Gasteiger partial charge in [0.1, 0.15) is 0 Å². The van der Waals surface area contributed by atoms with Crippen LogP contribution >= 0.6 is 0 Å². The number of aliphatic hydroxyl groups excluding tert-OH is 1. The minimum Gasteiger partial charge on any atom is -0.388 e. The van der Waals surface area contributed by atoms with Gasteiger partial charge in [-0.2, -0.15) is 0 Å². The van der Waals surface area contributed by atoms with E-state index in [-0.39, 0.29) is 6.10 Å². The van der Waals surface area contributed by atoms with Crippen LogP contribution in [0.15, 0.2) is 24.3 Å². The lowest BCUT2D eigenvalue weighted by Crippen LogP contribution is -2.17. The second-order valence-corrected chi connectivity index (χ2v) is 3.66. The first-order valence-electron chi connectivity index (χ1n) is 4.55. The van der Waals surface area contributed by atoms with E-state index in [1.165, 1.54) is 5.56 Å². The maximum absolute atomic E-state index is 9.83. The number of aliphatic hydroxyl groups is 1. The first-order valence-corrected chi connectivity index (χ1v) is 4.55. The Kier molecular flexibility index (Phi) is 1.89. The third-order valence-electron chi connectivity index (χ3n) is 2.78. The topological polar surface area (TPSA) is 20.2 Å². The molecule has 0 heterocycles. The molecular formula is C11H14O. The SMILES string of the molecule is CC1CCc2ccccc2C1O. The van der Waals surface area contributed by atoms with E-state index in [1.807, 2.05) is 18.2 Å². The second-order valence-electron chi connectivity index (χ2n) is 3.66. The zero-order chi connectivity index (χ0) is 8.55. The molecule has 12 heavy (non-hydrogen) atoms. The summed E-state index contributed by atoms with van der Waals surface area (Å²) in [7, 11) is 0. The van der Waals surface area contributed by atoms with Crippen LogP contribution in [0.1, 0.15) is 30.6 Å². The standard InChI is InChI=1S/C11H14O/c1-8-6-7-9-4-2-3-5-10(9)11(8)12/h2-5,8,11-12H,6-7H2,1H3. The van der Waals surface area contributed by atoms with Gasteiger partial charge in [0, 0.05) is 0 Å². The molecule has 0 fully saturated rings. The summed E-state index contributed by atoms with van der Waals surface area (Å²) in [5, 5.41) is 9.83. The molecule has 2 atom stereocenters. The largest absolute Gasteiger partial charge is 0.388 e. The number of aryl methyl sites for hydroxylation is 1. The predicted octanol–water partition coefficient (Wildman–Crippen LogP) is 2.30. The van der Waals surface area contributed by atoms with Crippen molar-refractivity contribution in [3.05, 3.63) is 35.4 Å². The molecule has 2 unspecified atom stereocenters. The molecular weight excluding hydrogens is 148 g/mol. The van der Waals surface area contributed by atoms with Crippen LogP contribution in [-0.2, 0) is 6.42 Å². The molecule has 1 aliphatic rings. The van der Waals surface area contributed by atoms with Crippen molar-refractivity contribution in [2.75, 3.05) is 0 Å². The van der Waals surface area contributed by atoms with Crippen LogP contribution < -0.4 is 0 Å². The maximum atomic E-state index is 9.83. The normalized spacial score (nSPS) is 28.2. The highest BCUT2D eigenvalue weighted by Crippen LogP contribution is 2.33. The third kappa shape index (κ3) is 1.14. The van der Waals surface area contributed by atoms with E-state index < -0.39 is 0 Å². The summed E-state index contributed by atoms with van der Waals surface area (Å²) < 4.78 is 0. The molecule has 0 aromatic heterocycles. The summed E-state index contributed by atoms with van der Waals surface area (Å²) in [5.74, 6) is 0.417. The van der Waals surface area contributed by atoms with Crippen LogP contribution in [0.25, 0.3) is 0 Å². The molecule has 1 aromatic rings. The van der Waals surface area contributed by atoms with Crippen molar-refractivity contribution in [3.63, 3.8) is 0 Å². The Morgan fingerprint density at radius 3 is 2.92 bits per heavy atom. The average Bonchev–Trinajstić information content (AvgIpc) is 2.12. The highest BCUT2D eigenvalue weighted by Gasteiger charge is 2.23. The molecule has 0 bridgehead atoms. The molecule has 0 amide bonds. The zero-order valence-corrected chi connectivity index (χ0v) is 7.33. The summed E-state index contributed by atoms with van der Waals surface area (Å²) in [5.41, 5.74) is 2.46. The van der Waals surface area contributed by atoms with Crippen LogP contribution in [0.5, 0.6) is 0 Å². The summed E-state index contributed by atoms with van der Waals surface area (Å²) in [6, 6.07) is 8.20. The number of benzene rings is 1. The predicted molar refractivity (Wildman–Crippen MR) is 48.9 cm³/mol. The molecule has 2 rings (SSSR count). The van der Waals surface area contributed by atoms with Gasteiger partial charge in [-0.3, -0.25) is 0 Å². The van der Waals surface area contributed by atoms with Crippen molar-refractivity contribution < 1.29 is 5.11 Å². The van der Waals surface area contributed by atoms with Gasteiger partial charge in [0.2, 0.25) is 0 Å². The molecule has 1 N–H and O–H groups in total. The van der Waals surface area contributed by atoms with Crippen LogP contribution in [0, 0.1) is 5.92 Å². The van der Waals surface area contributed by atoms with Crippen molar-refractivity contribution in [1.29, 1.82) is 0 Å². The van der Waals surface area contributed by atoms with Gasteiger partial charge in [-0.1, -0.05) is 31.2 Å². The van der Waals surface area contributed by atoms with Gasteiger partial charge in [0.15, 0.2) is 0 Å². The van der Waals surface area contributed by atoms with Crippen LogP contribution in [0.2, 0.25) is 0 Å². The van der Waals surface area contributed by atoms with Crippen LogP contribution in [-0.4, -0.2) is 5.11 Å². The molecule has 0 aliphatic heterocycles. The fraction of sp³-hybridized carbons (Fsp3) is 0.455. The van der Waals surface area contributed by atoms with Crippen molar-refractivity contribution >= 4 is 0 Å². The molecule has 0 saturated heterocycles. The van der Waals surface area contributed by atoms with E-state index in [9.17, 15) is 5.11 Å². The Bertz CT molecular complexity index is 280. The van der Waals surface area contributed by atoms with Gasteiger partial charge in [-0.15, -0.1) is 0 Å². The van der Waals surface area contributed by atoms with Gasteiger partial charge >= 0.3 is 0 Å². The molecule has 0 radical (unpaired) electrons. The van der Waals surface area contributed by atoms with Gasteiger partial charge in [0.25, 0.3) is 0 Å². The summed E-state index contributed by atoms with van der Waals surface area (Å²) in [6.45, 7) is 2.11. The Hall–Kier alpha value is -0.820. The van der Waals surface area contributed by atoms with E-state index in [1.54, 1.807) is 0 Å². The van der Waals surface area contributed by atoms with Gasteiger partial charge in [0.05, 0.1) is 6.10 Å². The number of rotatable bonds is 0. The quantitative estimate of drug-likeness (QED) is 0.620. The zero-order valence-electron chi connectivity index (χ0n) is 7.33. The third-order valence-corrected chi connectivity index (χ3v) is 2.78. The minimum atomic E-state index is -0.241. The van der Waals surface area contributed by atoms with Crippen LogP contribution in [0.3, 0.4) is 0 Å². The molecule has 64 valence electrons. The number of fused-ring (bicyclic) bond motifs is 1. The highest BCUT2D eigenvalue weighted by molar-refractivity contribution is 5.31. The second kappa shape index (κ2) is 2.91. The Balaban J connectivity index is 2.42. The van der Waals surface area contributed by atoms with Crippen molar-refractivity contribution in [1.82, 2.24) is 0 Å². The van der Waals surface area contributed by atoms with E-state index in [0.29, 0.717) is 5.92 Å². The first-order chi connectivity index (χ1) is 5.79. The van der Waals surface area contributed by atoms with E-state index in [2.05, 4.69) is 13.0 Å². The number of hydrogen-bond acceptors (Lipinski definition) is 1. The molecule has 0 saturated carbocycles. The summed E-state index contributed by atoms with van der Waals surface area (Å²) >= 11 is 0. The van der Waals surface area contributed by atoms with Crippen LogP contribution in [0.4, 0.5) is 0 Å². The summed E-state index contributed by atoms with van der Waals surface area (Å²) in [6.07, 6.45) is 1.99. The van der Waals surface area contributed by atoms with Gasteiger partial charge < -0.3 is 5.11 Å². The highest BCUT2D eigenvalue weighted by atomic mass is 16.3. The molecule has 1 aromatic carbocycles. The molecule has 0 spiro atoms. The summed E-state index contributed by atoms with van der Waals surface area (Å²) in [4.78, 5) is 0. The molecule has 1 nitrogen and oxygen atoms in total. The van der Waals surface area contributed by atoms with Gasteiger partial charge in [-0.25, -0.2) is 0 Å². The maximum Gasteiger partial charge on any atom is 0.0818 e. The Labute approximate surface area is 73.0 Å². The smallest absolute Gasteiger partial charge is 0.0818 e. The van der Waals surface area contributed by atoms with E-state index in [4.69, 9.17) is 0 Å². The lowest BCUT2D eigenvalue weighted by molar-refractivity contribution is 0.104. The van der Waals surface area contributed by atoms with Crippen molar-refractivity contribution in [2.24, 2.45) is 5.92 Å².